The highest BCUT2D eigenvalue weighted by atomic mass is 16.6. The smallest absolute Gasteiger partial charge is 0.330 e. The number of nitrogen functional groups attached to an aromatic ring is 1. The Morgan fingerprint density at radius 1 is 1.29 bits per heavy atom. The molecule has 0 aliphatic carbocycles. The summed E-state index contributed by atoms with van der Waals surface area (Å²) in [6.45, 7) is -0.540. The van der Waals surface area contributed by atoms with Gasteiger partial charge in [-0.1, -0.05) is 0 Å². The fraction of sp³-hybridized carbons (Fsp3) is 0.500. The number of hydrogen-bond donors (Lipinski definition) is 6. The van der Waals surface area contributed by atoms with E-state index >= 15 is 0 Å². The molecule has 2 aromatic rings. The minimum atomic E-state index is -1.47. The van der Waals surface area contributed by atoms with E-state index in [0.717, 1.165) is 4.57 Å². The van der Waals surface area contributed by atoms with Crippen LogP contribution >= 0.6 is 0 Å². The maximum absolute atomic E-state index is 12.0. The third-order valence-electron chi connectivity index (χ3n) is 3.37. The molecule has 3 heterocycles. The lowest BCUT2D eigenvalue weighted by Gasteiger charge is -2.15. The zero-order valence-corrected chi connectivity index (χ0v) is 10.6. The average molecular weight is 299 g/mol. The maximum atomic E-state index is 12.0. The number of aromatic nitrogens is 4. The molecule has 114 valence electrons. The molecule has 1 aliphatic heterocycles. The van der Waals surface area contributed by atoms with Crippen LogP contribution in [0, 0.1) is 0 Å². The fourth-order valence-corrected chi connectivity index (χ4v) is 2.36. The van der Waals surface area contributed by atoms with Gasteiger partial charge in [0.1, 0.15) is 18.3 Å². The van der Waals surface area contributed by atoms with Gasteiger partial charge in [0.05, 0.1) is 6.61 Å². The number of fused-ring (bicyclic) bond motifs is 1. The monoisotopic (exact) mass is 299 g/mol. The molecular formula is C10H13N5O6. The molecule has 11 heteroatoms. The van der Waals surface area contributed by atoms with E-state index in [1.54, 1.807) is 0 Å². The molecule has 1 saturated heterocycles. The molecule has 3 rings (SSSR count). The highest BCUT2D eigenvalue weighted by Crippen LogP contribution is 2.29. The van der Waals surface area contributed by atoms with Gasteiger partial charge in [-0.2, -0.15) is 4.98 Å². The van der Waals surface area contributed by atoms with Crippen molar-refractivity contribution >= 4 is 17.1 Å². The number of nitrogens with two attached hydrogens (primary N) is 1. The fourth-order valence-electron chi connectivity index (χ4n) is 2.36. The van der Waals surface area contributed by atoms with Crippen molar-refractivity contribution in [3.05, 3.63) is 20.8 Å². The molecule has 1 fully saturated rings. The number of imidazole rings is 1. The van der Waals surface area contributed by atoms with Crippen LogP contribution < -0.4 is 17.0 Å². The predicted molar refractivity (Wildman–Crippen MR) is 68.4 cm³/mol. The standard InChI is InChI=1S/C10H13N5O6/c11-9-13-6-3(7(19)14-9)12-10(20)15(6)8-5(18)4(17)2(1-16)21-8/h2,4-5,8,16-18H,1H2,(H,12,20)(H3,11,13,14,19)/t2-,4?,5?,8-/m0/s1. The Balaban J connectivity index is 2.20. The Hall–Kier alpha value is -2.21. The number of nitrogens with one attached hydrogen (secondary N) is 2. The van der Waals surface area contributed by atoms with Crippen LogP contribution in [0.1, 0.15) is 6.23 Å². The third kappa shape index (κ3) is 1.94. The van der Waals surface area contributed by atoms with Crippen molar-refractivity contribution < 1.29 is 20.1 Å². The summed E-state index contributed by atoms with van der Waals surface area (Å²) in [5, 5.41) is 28.7. The lowest BCUT2D eigenvalue weighted by atomic mass is 10.1. The van der Waals surface area contributed by atoms with Crippen LogP contribution in [0.2, 0.25) is 0 Å². The zero-order valence-electron chi connectivity index (χ0n) is 10.6. The summed E-state index contributed by atoms with van der Waals surface area (Å²) in [6.07, 6.45) is -5.20. The number of hydrogen-bond acceptors (Lipinski definition) is 8. The van der Waals surface area contributed by atoms with Crippen molar-refractivity contribution in [2.75, 3.05) is 12.3 Å². The van der Waals surface area contributed by atoms with Crippen LogP contribution in [-0.4, -0.2) is 59.8 Å². The minimum absolute atomic E-state index is 0.115. The average Bonchev–Trinajstić information content (AvgIpc) is 2.89. The van der Waals surface area contributed by atoms with E-state index in [4.69, 9.17) is 15.6 Å². The van der Waals surface area contributed by atoms with Gasteiger partial charge < -0.3 is 25.8 Å². The SMILES string of the molecule is Nc1nc2c([nH]c(=O)n2[C@H]2O[C@@H](CO)C(O)C2O)c(=O)[nH]1. The number of nitrogens with zero attached hydrogens (tertiary/aromatic N) is 2. The molecule has 11 nitrogen and oxygen atoms in total. The molecule has 21 heavy (non-hydrogen) atoms. The molecule has 0 spiro atoms. The van der Waals surface area contributed by atoms with Crippen LogP contribution in [0.5, 0.6) is 0 Å². The third-order valence-corrected chi connectivity index (χ3v) is 3.37. The van der Waals surface area contributed by atoms with E-state index < -0.39 is 42.4 Å². The van der Waals surface area contributed by atoms with Gasteiger partial charge in [-0.15, -0.1) is 0 Å². The first-order chi connectivity index (χ1) is 9.93. The van der Waals surface area contributed by atoms with Crippen LogP contribution in [0.15, 0.2) is 9.59 Å². The number of aliphatic hydroxyl groups excluding tert-OH is 3. The van der Waals surface area contributed by atoms with Crippen LogP contribution in [0.3, 0.4) is 0 Å². The largest absolute Gasteiger partial charge is 0.394 e. The van der Waals surface area contributed by atoms with Gasteiger partial charge in [-0.05, 0) is 0 Å². The zero-order chi connectivity index (χ0) is 15.3. The van der Waals surface area contributed by atoms with Gasteiger partial charge in [-0.25, -0.2) is 9.36 Å². The van der Waals surface area contributed by atoms with Gasteiger partial charge >= 0.3 is 5.69 Å². The molecule has 2 unspecified atom stereocenters. The van der Waals surface area contributed by atoms with Gasteiger partial charge in [0.15, 0.2) is 17.4 Å². The van der Waals surface area contributed by atoms with Crippen molar-refractivity contribution in [3.8, 4) is 0 Å². The lowest BCUT2D eigenvalue weighted by molar-refractivity contribution is -0.0524. The first-order valence-electron chi connectivity index (χ1n) is 6.06. The Labute approximate surface area is 115 Å². The summed E-state index contributed by atoms with van der Waals surface area (Å²) in [7, 11) is 0. The van der Waals surface area contributed by atoms with Crippen LogP contribution in [0.4, 0.5) is 5.95 Å². The number of aromatic amines is 2. The Kier molecular flexibility index (Phi) is 3.06. The molecule has 0 aromatic carbocycles. The van der Waals surface area contributed by atoms with Gasteiger partial charge in [0.2, 0.25) is 5.95 Å². The molecule has 7 N–H and O–H groups in total. The molecule has 4 atom stereocenters. The van der Waals surface area contributed by atoms with Gasteiger partial charge in [-0.3, -0.25) is 14.8 Å². The molecule has 0 bridgehead atoms. The number of H-pyrrole nitrogens is 2. The first kappa shape index (κ1) is 13.8. The van der Waals surface area contributed by atoms with E-state index in [-0.39, 0.29) is 17.1 Å². The summed E-state index contributed by atoms with van der Waals surface area (Å²) in [6, 6.07) is 0. The second-order valence-electron chi connectivity index (χ2n) is 4.68. The molecular weight excluding hydrogens is 286 g/mol. The summed E-state index contributed by atoms with van der Waals surface area (Å²) < 4.78 is 6.13. The topological polar surface area (TPSA) is 179 Å². The summed E-state index contributed by atoms with van der Waals surface area (Å²) in [4.78, 5) is 32.0. The Morgan fingerprint density at radius 2 is 2.00 bits per heavy atom. The molecule has 0 amide bonds. The predicted octanol–water partition coefficient (Wildman–Crippen LogP) is -3.39. The number of ether oxygens (including phenoxy) is 1. The van der Waals surface area contributed by atoms with E-state index in [1.807, 2.05) is 0 Å². The van der Waals surface area contributed by atoms with Gasteiger partial charge in [0.25, 0.3) is 5.56 Å². The van der Waals surface area contributed by atoms with Crippen LogP contribution in [-0.2, 0) is 4.74 Å². The second-order valence-corrected chi connectivity index (χ2v) is 4.68. The van der Waals surface area contributed by atoms with E-state index in [2.05, 4.69) is 15.0 Å². The van der Waals surface area contributed by atoms with Crippen molar-refractivity contribution in [1.29, 1.82) is 0 Å². The summed E-state index contributed by atoms with van der Waals surface area (Å²) >= 11 is 0. The van der Waals surface area contributed by atoms with E-state index in [0.29, 0.717) is 0 Å². The highest BCUT2D eigenvalue weighted by molar-refractivity contribution is 5.70. The second kappa shape index (κ2) is 4.66. The van der Waals surface area contributed by atoms with E-state index in [1.165, 1.54) is 0 Å². The summed E-state index contributed by atoms with van der Waals surface area (Å²) in [5.41, 5.74) is 3.77. The molecule has 2 aromatic heterocycles. The van der Waals surface area contributed by atoms with Crippen molar-refractivity contribution in [2.24, 2.45) is 0 Å². The van der Waals surface area contributed by atoms with Gasteiger partial charge in [0, 0.05) is 0 Å². The quantitative estimate of drug-likeness (QED) is 0.332. The normalized spacial score (nSPS) is 29.3. The van der Waals surface area contributed by atoms with Crippen molar-refractivity contribution in [1.82, 2.24) is 19.5 Å². The number of anilines is 1. The Bertz CT molecular complexity index is 793. The maximum Gasteiger partial charge on any atom is 0.330 e. The molecule has 0 radical (unpaired) electrons. The van der Waals surface area contributed by atoms with Crippen LogP contribution in [0.25, 0.3) is 11.2 Å². The van der Waals surface area contributed by atoms with Crippen molar-refractivity contribution in [3.63, 3.8) is 0 Å². The number of rotatable bonds is 2. The molecule has 0 saturated carbocycles. The van der Waals surface area contributed by atoms with E-state index in [9.17, 15) is 19.8 Å². The Morgan fingerprint density at radius 3 is 2.62 bits per heavy atom. The minimum Gasteiger partial charge on any atom is -0.394 e. The van der Waals surface area contributed by atoms with Crippen molar-refractivity contribution in [2.45, 2.75) is 24.5 Å². The lowest BCUT2D eigenvalue weighted by Crippen LogP contribution is -2.35. The first-order valence-corrected chi connectivity index (χ1v) is 6.06. The molecule has 1 aliphatic rings. The summed E-state index contributed by atoms with van der Waals surface area (Å²) in [5.74, 6) is -0.216. The highest BCUT2D eigenvalue weighted by Gasteiger charge is 2.44. The number of aliphatic hydroxyl groups is 3.